The van der Waals surface area contributed by atoms with Crippen LogP contribution in [0.2, 0.25) is 0 Å². The molecular formula is C10H9ClFNO2. The van der Waals surface area contributed by atoms with Crippen molar-refractivity contribution in [2.24, 2.45) is 0 Å². The van der Waals surface area contributed by atoms with E-state index in [1.807, 2.05) is 0 Å². The Hall–Kier alpha value is -1.55. The van der Waals surface area contributed by atoms with E-state index in [1.54, 1.807) is 0 Å². The zero-order chi connectivity index (χ0) is 11.4. The minimum absolute atomic E-state index is 0.185. The Labute approximate surface area is 91.2 Å². The number of carboxylic acids is 1. The van der Waals surface area contributed by atoms with Crippen LogP contribution in [0.5, 0.6) is 0 Å². The second kappa shape index (κ2) is 4.79. The average molecular weight is 230 g/mol. The van der Waals surface area contributed by atoms with Gasteiger partial charge in [-0.2, -0.15) is 0 Å². The van der Waals surface area contributed by atoms with Crippen LogP contribution in [0.3, 0.4) is 0 Å². The number of hydrogen-bond acceptors (Lipinski definition) is 2. The van der Waals surface area contributed by atoms with E-state index < -0.39 is 17.3 Å². The molecule has 15 heavy (non-hydrogen) atoms. The first-order valence-electron chi connectivity index (χ1n) is 4.11. The van der Waals surface area contributed by atoms with Crippen LogP contribution in [0.25, 0.3) is 0 Å². The predicted molar refractivity (Wildman–Crippen MR) is 56.8 cm³/mol. The lowest BCUT2D eigenvalue weighted by Gasteiger charge is -2.08. The van der Waals surface area contributed by atoms with Crippen molar-refractivity contribution in [2.45, 2.75) is 0 Å². The maximum atomic E-state index is 13.1. The molecule has 1 aromatic carbocycles. The number of anilines is 1. The van der Waals surface area contributed by atoms with E-state index in [4.69, 9.17) is 16.7 Å². The number of benzene rings is 1. The van der Waals surface area contributed by atoms with Gasteiger partial charge >= 0.3 is 5.97 Å². The Balaban J connectivity index is 3.01. The monoisotopic (exact) mass is 229 g/mol. The first-order valence-corrected chi connectivity index (χ1v) is 4.49. The molecule has 80 valence electrons. The van der Waals surface area contributed by atoms with Crippen LogP contribution >= 0.6 is 11.6 Å². The number of aromatic carboxylic acids is 1. The third-order valence-corrected chi connectivity index (χ3v) is 1.83. The second-order valence-corrected chi connectivity index (χ2v) is 3.37. The summed E-state index contributed by atoms with van der Waals surface area (Å²) < 4.78 is 13.1. The van der Waals surface area contributed by atoms with Crippen molar-refractivity contribution in [3.8, 4) is 0 Å². The van der Waals surface area contributed by atoms with Crippen molar-refractivity contribution in [1.29, 1.82) is 0 Å². The molecule has 0 spiro atoms. The number of carbonyl (C=O) groups is 1. The third kappa shape index (κ3) is 2.95. The van der Waals surface area contributed by atoms with E-state index in [2.05, 4.69) is 11.9 Å². The maximum absolute atomic E-state index is 13.1. The Morgan fingerprint density at radius 1 is 1.60 bits per heavy atom. The molecule has 1 aromatic rings. The van der Waals surface area contributed by atoms with Crippen molar-refractivity contribution in [3.05, 3.63) is 41.2 Å². The summed E-state index contributed by atoms with van der Waals surface area (Å²) in [7, 11) is 0. The van der Waals surface area contributed by atoms with Gasteiger partial charge in [0.05, 0.1) is 12.2 Å². The van der Waals surface area contributed by atoms with Crippen molar-refractivity contribution in [3.63, 3.8) is 0 Å². The molecule has 0 unspecified atom stereocenters. The van der Waals surface area contributed by atoms with Gasteiger partial charge in [-0.25, -0.2) is 9.18 Å². The molecule has 1 rings (SSSR count). The molecular weight excluding hydrogens is 221 g/mol. The molecule has 0 atom stereocenters. The summed E-state index contributed by atoms with van der Waals surface area (Å²) in [5.74, 6) is -2.11. The Morgan fingerprint density at radius 2 is 2.27 bits per heavy atom. The zero-order valence-electron chi connectivity index (χ0n) is 7.76. The lowest BCUT2D eigenvalue weighted by molar-refractivity contribution is 0.0693. The van der Waals surface area contributed by atoms with Crippen LogP contribution in [0.1, 0.15) is 10.4 Å². The molecule has 0 aliphatic heterocycles. The predicted octanol–water partition coefficient (Wildman–Crippen LogP) is 2.69. The maximum Gasteiger partial charge on any atom is 0.340 e. The molecule has 0 heterocycles. The molecule has 2 N–H and O–H groups in total. The summed E-state index contributed by atoms with van der Waals surface area (Å²) >= 11 is 5.50. The van der Waals surface area contributed by atoms with E-state index in [9.17, 15) is 9.18 Å². The minimum atomic E-state index is -1.32. The molecule has 3 nitrogen and oxygen atoms in total. The molecule has 0 aromatic heterocycles. The van der Waals surface area contributed by atoms with Gasteiger partial charge in [-0.1, -0.05) is 24.2 Å². The van der Waals surface area contributed by atoms with Crippen LogP contribution in [0.15, 0.2) is 29.8 Å². The highest BCUT2D eigenvalue weighted by molar-refractivity contribution is 6.29. The number of nitrogens with one attached hydrogen (secondary N) is 1. The minimum Gasteiger partial charge on any atom is -0.478 e. The molecule has 0 aliphatic rings. The Kier molecular flexibility index (Phi) is 3.68. The summed E-state index contributed by atoms with van der Waals surface area (Å²) in [5, 5.41) is 11.8. The lowest BCUT2D eigenvalue weighted by Crippen LogP contribution is -2.09. The lowest BCUT2D eigenvalue weighted by atomic mass is 10.1. The smallest absolute Gasteiger partial charge is 0.340 e. The van der Waals surface area contributed by atoms with Gasteiger partial charge in [-0.3, -0.25) is 0 Å². The van der Waals surface area contributed by atoms with E-state index in [0.29, 0.717) is 5.03 Å². The molecule has 0 amide bonds. The summed E-state index contributed by atoms with van der Waals surface area (Å²) in [5.41, 5.74) is -0.209. The average Bonchev–Trinajstić information content (AvgIpc) is 2.13. The Bertz CT molecular complexity index is 406. The van der Waals surface area contributed by atoms with Crippen molar-refractivity contribution in [2.75, 3.05) is 11.9 Å². The normalized spacial score (nSPS) is 9.73. The van der Waals surface area contributed by atoms with E-state index in [-0.39, 0.29) is 12.2 Å². The number of hydrogen-bond donors (Lipinski definition) is 2. The highest BCUT2D eigenvalue weighted by Crippen LogP contribution is 2.19. The molecule has 0 saturated carbocycles. The van der Waals surface area contributed by atoms with E-state index in [1.165, 1.54) is 12.1 Å². The van der Waals surface area contributed by atoms with Gasteiger partial charge in [-0.15, -0.1) is 0 Å². The molecule has 5 heteroatoms. The van der Waals surface area contributed by atoms with Gasteiger partial charge in [0.15, 0.2) is 0 Å². The second-order valence-electron chi connectivity index (χ2n) is 2.84. The third-order valence-electron chi connectivity index (χ3n) is 1.70. The van der Waals surface area contributed by atoms with E-state index in [0.717, 1.165) is 6.07 Å². The van der Waals surface area contributed by atoms with Gasteiger partial charge in [0, 0.05) is 5.03 Å². The summed E-state index contributed by atoms with van der Waals surface area (Å²) in [6.07, 6.45) is 0. The van der Waals surface area contributed by atoms with E-state index >= 15 is 0 Å². The van der Waals surface area contributed by atoms with Crippen LogP contribution < -0.4 is 5.32 Å². The molecule has 0 bridgehead atoms. The van der Waals surface area contributed by atoms with Gasteiger partial charge < -0.3 is 10.4 Å². The SMILES string of the molecule is C=C(Cl)CNc1cccc(F)c1C(=O)O. The fourth-order valence-electron chi connectivity index (χ4n) is 1.08. The van der Waals surface area contributed by atoms with Crippen molar-refractivity contribution in [1.82, 2.24) is 0 Å². The fraction of sp³-hybridized carbons (Fsp3) is 0.100. The van der Waals surface area contributed by atoms with Gasteiger partial charge in [0.25, 0.3) is 0 Å². The fourth-order valence-corrected chi connectivity index (χ4v) is 1.15. The molecule has 0 fully saturated rings. The summed E-state index contributed by atoms with van der Waals surface area (Å²) in [6, 6.07) is 3.97. The number of halogens is 2. The van der Waals surface area contributed by atoms with Crippen LogP contribution in [0, 0.1) is 5.82 Å². The first kappa shape index (κ1) is 11.5. The summed E-state index contributed by atoms with van der Waals surface area (Å²) in [4.78, 5) is 10.8. The van der Waals surface area contributed by atoms with Crippen molar-refractivity contribution >= 4 is 23.3 Å². The quantitative estimate of drug-likeness (QED) is 0.835. The molecule has 0 aliphatic carbocycles. The standard InChI is InChI=1S/C10H9ClFNO2/c1-6(11)5-13-8-4-2-3-7(12)9(8)10(14)15/h2-4,13H,1,5H2,(H,14,15). The highest BCUT2D eigenvalue weighted by Gasteiger charge is 2.14. The van der Waals surface area contributed by atoms with Crippen LogP contribution in [-0.2, 0) is 0 Å². The van der Waals surface area contributed by atoms with Crippen LogP contribution in [0.4, 0.5) is 10.1 Å². The zero-order valence-corrected chi connectivity index (χ0v) is 8.51. The first-order chi connectivity index (χ1) is 7.02. The largest absolute Gasteiger partial charge is 0.478 e. The number of rotatable bonds is 4. The Morgan fingerprint density at radius 3 is 2.80 bits per heavy atom. The molecule has 0 radical (unpaired) electrons. The van der Waals surface area contributed by atoms with Gasteiger partial charge in [-0.05, 0) is 12.1 Å². The summed E-state index contributed by atoms with van der Waals surface area (Å²) in [6.45, 7) is 3.61. The topological polar surface area (TPSA) is 49.3 Å². The molecule has 0 saturated heterocycles. The number of carboxylic acid groups (broad SMARTS) is 1. The van der Waals surface area contributed by atoms with Crippen molar-refractivity contribution < 1.29 is 14.3 Å². The van der Waals surface area contributed by atoms with Gasteiger partial charge in [0.1, 0.15) is 11.4 Å². The van der Waals surface area contributed by atoms with Gasteiger partial charge in [0.2, 0.25) is 0 Å². The van der Waals surface area contributed by atoms with Crippen LogP contribution in [-0.4, -0.2) is 17.6 Å². The highest BCUT2D eigenvalue weighted by atomic mass is 35.5.